The standard InChI is InChI=1S/C43H27N5O/c1-5-14-28(15-6-1)35-27-36(29-16-7-2-8-17-29)45-43(44-35)33-22-13-23-38-39(33)34-26-32(24-25-37(34)49-38)42-47-40(30-18-9-3-10-19-30)46-41(48-42)31-20-11-4-12-21-31/h1-27H. The van der Waals surface area contributed by atoms with Gasteiger partial charge in [-0.2, -0.15) is 0 Å². The molecular weight excluding hydrogens is 603 g/mol. The minimum atomic E-state index is 0.579. The van der Waals surface area contributed by atoms with Crippen LogP contribution in [0.15, 0.2) is 168 Å². The Kier molecular flexibility index (Phi) is 7.02. The summed E-state index contributed by atoms with van der Waals surface area (Å²) in [6, 6.07) is 54.6. The van der Waals surface area contributed by atoms with Gasteiger partial charge < -0.3 is 4.42 Å². The van der Waals surface area contributed by atoms with Gasteiger partial charge in [0.25, 0.3) is 0 Å². The molecule has 0 bridgehead atoms. The van der Waals surface area contributed by atoms with E-state index < -0.39 is 0 Å². The third-order valence-electron chi connectivity index (χ3n) is 8.56. The molecule has 0 fully saturated rings. The monoisotopic (exact) mass is 629 g/mol. The molecule has 0 aliphatic heterocycles. The molecule has 0 N–H and O–H groups in total. The van der Waals surface area contributed by atoms with Crippen LogP contribution in [-0.4, -0.2) is 24.9 Å². The number of benzene rings is 6. The van der Waals surface area contributed by atoms with Gasteiger partial charge in [0.15, 0.2) is 23.3 Å². The van der Waals surface area contributed by atoms with E-state index in [2.05, 4.69) is 42.5 Å². The van der Waals surface area contributed by atoms with Crippen LogP contribution in [0.3, 0.4) is 0 Å². The van der Waals surface area contributed by atoms with Crippen molar-refractivity contribution in [2.45, 2.75) is 0 Å². The number of fused-ring (bicyclic) bond motifs is 3. The summed E-state index contributed by atoms with van der Waals surface area (Å²) in [7, 11) is 0. The van der Waals surface area contributed by atoms with E-state index in [-0.39, 0.29) is 0 Å². The number of furan rings is 1. The van der Waals surface area contributed by atoms with E-state index in [1.807, 2.05) is 121 Å². The van der Waals surface area contributed by atoms with E-state index >= 15 is 0 Å². The molecular formula is C43H27N5O. The molecule has 0 aliphatic carbocycles. The fraction of sp³-hybridized carbons (Fsp3) is 0. The Labute approximate surface area is 282 Å². The predicted molar refractivity (Wildman–Crippen MR) is 195 cm³/mol. The topological polar surface area (TPSA) is 77.6 Å². The summed E-state index contributed by atoms with van der Waals surface area (Å²) in [4.78, 5) is 25.0. The SMILES string of the molecule is c1ccc(-c2cc(-c3ccccc3)nc(-c3cccc4oc5ccc(-c6nc(-c7ccccc7)nc(-c7ccccc7)n6)cc5c34)n2)cc1. The molecule has 6 aromatic carbocycles. The molecule has 3 heterocycles. The van der Waals surface area contributed by atoms with Gasteiger partial charge in [-0.3, -0.25) is 0 Å². The van der Waals surface area contributed by atoms with Gasteiger partial charge >= 0.3 is 0 Å². The van der Waals surface area contributed by atoms with Gasteiger partial charge in [-0.1, -0.05) is 133 Å². The molecule has 49 heavy (non-hydrogen) atoms. The van der Waals surface area contributed by atoms with Crippen molar-refractivity contribution in [2.75, 3.05) is 0 Å². The first-order chi connectivity index (χ1) is 24.3. The van der Waals surface area contributed by atoms with Crippen molar-refractivity contribution in [1.82, 2.24) is 24.9 Å². The lowest BCUT2D eigenvalue weighted by Gasteiger charge is -2.10. The zero-order chi connectivity index (χ0) is 32.6. The van der Waals surface area contributed by atoms with E-state index in [9.17, 15) is 0 Å². The number of hydrogen-bond acceptors (Lipinski definition) is 6. The van der Waals surface area contributed by atoms with Crippen LogP contribution in [0.5, 0.6) is 0 Å². The maximum Gasteiger partial charge on any atom is 0.164 e. The van der Waals surface area contributed by atoms with Crippen molar-refractivity contribution < 1.29 is 4.42 Å². The lowest BCUT2D eigenvalue weighted by Crippen LogP contribution is -2.00. The molecule has 0 amide bonds. The van der Waals surface area contributed by atoms with Crippen LogP contribution >= 0.6 is 0 Å². The Morgan fingerprint density at radius 3 is 1.35 bits per heavy atom. The van der Waals surface area contributed by atoms with Gasteiger partial charge in [-0.05, 0) is 30.3 Å². The second-order valence-corrected chi connectivity index (χ2v) is 11.7. The van der Waals surface area contributed by atoms with E-state index in [0.29, 0.717) is 23.3 Å². The minimum absolute atomic E-state index is 0.579. The van der Waals surface area contributed by atoms with Crippen molar-refractivity contribution in [2.24, 2.45) is 0 Å². The molecule has 0 radical (unpaired) electrons. The van der Waals surface area contributed by atoms with Crippen LogP contribution in [-0.2, 0) is 0 Å². The molecule has 9 aromatic rings. The smallest absolute Gasteiger partial charge is 0.164 e. The molecule has 6 heteroatoms. The highest BCUT2D eigenvalue weighted by atomic mass is 16.3. The van der Waals surface area contributed by atoms with Crippen molar-refractivity contribution in [3.8, 4) is 68.1 Å². The average Bonchev–Trinajstić information content (AvgIpc) is 3.57. The van der Waals surface area contributed by atoms with Crippen molar-refractivity contribution in [1.29, 1.82) is 0 Å². The zero-order valence-corrected chi connectivity index (χ0v) is 26.2. The second kappa shape index (κ2) is 12.1. The summed E-state index contributed by atoms with van der Waals surface area (Å²) in [5.74, 6) is 2.43. The Hall–Kier alpha value is -6.79. The molecule has 0 spiro atoms. The van der Waals surface area contributed by atoms with Crippen molar-refractivity contribution in [3.05, 3.63) is 164 Å². The molecule has 0 atom stereocenters. The summed E-state index contributed by atoms with van der Waals surface area (Å²) in [5.41, 5.74) is 8.83. The van der Waals surface area contributed by atoms with Gasteiger partial charge in [0.2, 0.25) is 0 Å². The summed E-state index contributed by atoms with van der Waals surface area (Å²) < 4.78 is 6.41. The highest BCUT2D eigenvalue weighted by Crippen LogP contribution is 2.38. The first-order valence-corrected chi connectivity index (χ1v) is 16.1. The Bertz CT molecular complexity index is 2470. The molecule has 0 unspecified atom stereocenters. The van der Waals surface area contributed by atoms with Crippen molar-refractivity contribution in [3.63, 3.8) is 0 Å². The molecule has 6 nitrogen and oxygen atoms in total. The Morgan fingerprint density at radius 2 is 0.816 bits per heavy atom. The van der Waals surface area contributed by atoms with Crippen LogP contribution < -0.4 is 0 Å². The first kappa shape index (κ1) is 28.4. The highest BCUT2D eigenvalue weighted by Gasteiger charge is 2.19. The summed E-state index contributed by atoms with van der Waals surface area (Å²) in [6.07, 6.45) is 0. The Balaban J connectivity index is 1.25. The summed E-state index contributed by atoms with van der Waals surface area (Å²) in [5, 5.41) is 1.87. The van der Waals surface area contributed by atoms with Gasteiger partial charge in [-0.15, -0.1) is 0 Å². The van der Waals surface area contributed by atoms with E-state index in [1.54, 1.807) is 0 Å². The Morgan fingerprint density at radius 1 is 0.327 bits per heavy atom. The van der Waals surface area contributed by atoms with Crippen LogP contribution in [0.25, 0.3) is 90.0 Å². The van der Waals surface area contributed by atoms with Crippen LogP contribution in [0.4, 0.5) is 0 Å². The van der Waals surface area contributed by atoms with Crippen LogP contribution in [0, 0.1) is 0 Å². The average molecular weight is 630 g/mol. The number of rotatable bonds is 6. The normalized spacial score (nSPS) is 11.3. The van der Waals surface area contributed by atoms with Crippen molar-refractivity contribution >= 4 is 21.9 Å². The fourth-order valence-electron chi connectivity index (χ4n) is 6.17. The van der Waals surface area contributed by atoms with Gasteiger partial charge in [0, 0.05) is 44.2 Å². The molecule has 0 saturated heterocycles. The molecule has 230 valence electrons. The maximum absolute atomic E-state index is 6.41. The maximum atomic E-state index is 6.41. The van der Waals surface area contributed by atoms with E-state index in [4.69, 9.17) is 29.3 Å². The first-order valence-electron chi connectivity index (χ1n) is 16.1. The third-order valence-corrected chi connectivity index (χ3v) is 8.56. The van der Waals surface area contributed by atoms with Crippen LogP contribution in [0.2, 0.25) is 0 Å². The number of aromatic nitrogens is 5. The van der Waals surface area contributed by atoms with E-state index in [1.165, 1.54) is 0 Å². The number of nitrogens with zero attached hydrogens (tertiary/aromatic N) is 5. The van der Waals surface area contributed by atoms with Gasteiger partial charge in [-0.25, -0.2) is 24.9 Å². The lowest BCUT2D eigenvalue weighted by molar-refractivity contribution is 0.669. The molecule has 9 rings (SSSR count). The second-order valence-electron chi connectivity index (χ2n) is 11.7. The number of hydrogen-bond donors (Lipinski definition) is 0. The fourth-order valence-corrected chi connectivity index (χ4v) is 6.17. The van der Waals surface area contributed by atoms with E-state index in [0.717, 1.165) is 66.7 Å². The quantitative estimate of drug-likeness (QED) is 0.182. The molecule has 3 aromatic heterocycles. The molecule has 0 aliphatic rings. The highest BCUT2D eigenvalue weighted by molar-refractivity contribution is 6.12. The molecule has 0 saturated carbocycles. The predicted octanol–water partition coefficient (Wildman–Crippen LogP) is 10.6. The van der Waals surface area contributed by atoms with Gasteiger partial charge in [0.05, 0.1) is 11.4 Å². The zero-order valence-electron chi connectivity index (χ0n) is 26.2. The summed E-state index contributed by atoms with van der Waals surface area (Å²) >= 11 is 0. The lowest BCUT2D eigenvalue weighted by atomic mass is 10.0. The third kappa shape index (κ3) is 5.41. The van der Waals surface area contributed by atoms with Crippen LogP contribution in [0.1, 0.15) is 0 Å². The summed E-state index contributed by atoms with van der Waals surface area (Å²) in [6.45, 7) is 0. The van der Waals surface area contributed by atoms with Gasteiger partial charge in [0.1, 0.15) is 11.2 Å². The largest absolute Gasteiger partial charge is 0.456 e. The minimum Gasteiger partial charge on any atom is -0.456 e.